The fourth-order valence-corrected chi connectivity index (χ4v) is 10.0. The Morgan fingerprint density at radius 3 is 1.16 bits per heavy atom. The highest BCUT2D eigenvalue weighted by Gasteiger charge is 2.17. The van der Waals surface area contributed by atoms with E-state index in [2.05, 4.69) is 290 Å². The first-order chi connectivity index (χ1) is 34.2. The summed E-state index contributed by atoms with van der Waals surface area (Å²) in [5.41, 5.74) is 20.1. The molecule has 0 heterocycles. The molecular weight excluding hydrogens is 831 g/mol. The Morgan fingerprint density at radius 1 is 0.188 bits per heavy atom. The summed E-state index contributed by atoms with van der Waals surface area (Å²) in [6.45, 7) is 0. The Balaban J connectivity index is 0.916. The van der Waals surface area contributed by atoms with Gasteiger partial charge in [0.25, 0.3) is 0 Å². The lowest BCUT2D eigenvalue weighted by Crippen LogP contribution is -2.09. The van der Waals surface area contributed by atoms with Crippen molar-refractivity contribution in [2.24, 2.45) is 0 Å². The first-order valence-electron chi connectivity index (χ1n) is 23.7. The molecule has 0 aromatic heterocycles. The third kappa shape index (κ3) is 8.18. The number of fused-ring (bicyclic) bond motifs is 2. The van der Waals surface area contributed by atoms with Crippen LogP contribution in [0.4, 0.5) is 17.1 Å². The van der Waals surface area contributed by atoms with Crippen molar-refractivity contribution in [2.45, 2.75) is 0 Å². The molecule has 12 aromatic rings. The Hall–Kier alpha value is -9.04. The molecule has 0 amide bonds. The first-order valence-corrected chi connectivity index (χ1v) is 23.7. The molecule has 0 atom stereocenters. The molecule has 0 unspecified atom stereocenters. The van der Waals surface area contributed by atoms with E-state index in [1.165, 1.54) is 93.9 Å². The smallest absolute Gasteiger partial charge is 0.0462 e. The highest BCUT2D eigenvalue weighted by molar-refractivity contribution is 6.04. The lowest BCUT2D eigenvalue weighted by molar-refractivity contribution is 1.28. The van der Waals surface area contributed by atoms with E-state index in [0.717, 1.165) is 22.6 Å². The van der Waals surface area contributed by atoms with Gasteiger partial charge >= 0.3 is 0 Å². The monoisotopic (exact) mass is 877 g/mol. The molecule has 0 aliphatic carbocycles. The SMILES string of the molecule is c1ccc(-c2ccc(-c3ccc(N(c4ccc(-c5ccc(-c6cccc7ccccc67)cc5)cc4)c4ccc(-c5ccc6ccccc6c5-c5ccccc5)cc4)cc3)cc2-c2ccccc2)cc1. The lowest BCUT2D eigenvalue weighted by Gasteiger charge is -2.26. The molecule has 0 N–H and O–H groups in total. The first kappa shape index (κ1) is 41.4. The van der Waals surface area contributed by atoms with E-state index in [9.17, 15) is 0 Å². The van der Waals surface area contributed by atoms with Crippen molar-refractivity contribution in [1.82, 2.24) is 0 Å². The second kappa shape index (κ2) is 18.3. The molecule has 0 saturated carbocycles. The predicted octanol–water partition coefficient (Wildman–Crippen LogP) is 19.1. The van der Waals surface area contributed by atoms with E-state index in [0.29, 0.717) is 0 Å². The third-order valence-electron chi connectivity index (χ3n) is 13.5. The van der Waals surface area contributed by atoms with Crippen molar-refractivity contribution in [3.05, 3.63) is 285 Å². The molecule has 1 heteroatoms. The minimum absolute atomic E-state index is 1.08. The number of nitrogens with zero attached hydrogens (tertiary/aromatic N) is 1. The van der Waals surface area contributed by atoms with Gasteiger partial charge in [-0.25, -0.2) is 0 Å². The van der Waals surface area contributed by atoms with E-state index in [1.54, 1.807) is 0 Å². The molecule has 0 radical (unpaired) electrons. The Labute approximate surface area is 404 Å². The molecular formula is C68H47N. The van der Waals surface area contributed by atoms with Gasteiger partial charge in [0, 0.05) is 17.1 Å². The standard InChI is InChI=1S/C68H47N/c1-4-15-51(16-5-1)64-45-38-58(47-67(64)53-17-6-2-7-18-53)50-33-41-60(42-34-50)69(59-39-31-49(32-40-59)48-27-29-55(30-28-48)63-26-14-23-52-19-10-12-24-62(52)63)61-43-35-56(36-44-61)66-46-37-54-20-11-13-25-65(54)68(66)57-21-8-3-9-22-57/h1-47H. The van der Waals surface area contributed by atoms with Crippen LogP contribution in [-0.4, -0.2) is 0 Å². The van der Waals surface area contributed by atoms with Crippen molar-refractivity contribution < 1.29 is 0 Å². The van der Waals surface area contributed by atoms with Crippen LogP contribution in [0.25, 0.3) is 99.4 Å². The van der Waals surface area contributed by atoms with Crippen molar-refractivity contribution in [3.8, 4) is 77.9 Å². The molecule has 69 heavy (non-hydrogen) atoms. The van der Waals surface area contributed by atoms with E-state index in [-0.39, 0.29) is 0 Å². The second-order valence-electron chi connectivity index (χ2n) is 17.6. The number of hydrogen-bond donors (Lipinski definition) is 0. The number of anilines is 3. The second-order valence-corrected chi connectivity index (χ2v) is 17.6. The van der Waals surface area contributed by atoms with Crippen molar-refractivity contribution in [2.75, 3.05) is 4.90 Å². The average Bonchev–Trinajstić information content (AvgIpc) is 3.44. The Morgan fingerprint density at radius 2 is 0.565 bits per heavy atom. The highest BCUT2D eigenvalue weighted by Crippen LogP contribution is 2.42. The maximum Gasteiger partial charge on any atom is 0.0462 e. The molecule has 0 fully saturated rings. The van der Waals surface area contributed by atoms with E-state index < -0.39 is 0 Å². The van der Waals surface area contributed by atoms with Gasteiger partial charge in [0.15, 0.2) is 0 Å². The number of rotatable bonds is 10. The third-order valence-corrected chi connectivity index (χ3v) is 13.5. The summed E-state index contributed by atoms with van der Waals surface area (Å²) >= 11 is 0. The van der Waals surface area contributed by atoms with Gasteiger partial charge < -0.3 is 4.90 Å². The van der Waals surface area contributed by atoms with Crippen LogP contribution in [0.15, 0.2) is 285 Å². The van der Waals surface area contributed by atoms with E-state index in [1.807, 2.05) is 0 Å². The molecule has 0 saturated heterocycles. The maximum absolute atomic E-state index is 2.37. The van der Waals surface area contributed by atoms with Crippen molar-refractivity contribution in [1.29, 1.82) is 0 Å². The summed E-state index contributed by atoms with van der Waals surface area (Å²) in [5.74, 6) is 0. The Kier molecular flexibility index (Phi) is 11.0. The molecule has 12 rings (SSSR count). The van der Waals surface area contributed by atoms with Gasteiger partial charge in [0.2, 0.25) is 0 Å². The summed E-state index contributed by atoms with van der Waals surface area (Å²) in [6, 6.07) is 104. The van der Waals surface area contributed by atoms with Crippen LogP contribution in [0.5, 0.6) is 0 Å². The fraction of sp³-hybridized carbons (Fsp3) is 0. The van der Waals surface area contributed by atoms with Crippen LogP contribution in [0, 0.1) is 0 Å². The van der Waals surface area contributed by atoms with Crippen LogP contribution in [-0.2, 0) is 0 Å². The number of benzene rings is 12. The largest absolute Gasteiger partial charge is 0.311 e. The van der Waals surface area contributed by atoms with Crippen LogP contribution < -0.4 is 4.90 Å². The van der Waals surface area contributed by atoms with Gasteiger partial charge in [0.1, 0.15) is 0 Å². The maximum atomic E-state index is 2.37. The average molecular weight is 878 g/mol. The topological polar surface area (TPSA) is 3.24 Å². The van der Waals surface area contributed by atoms with Crippen LogP contribution in [0.2, 0.25) is 0 Å². The zero-order valence-corrected chi connectivity index (χ0v) is 38.1. The predicted molar refractivity (Wildman–Crippen MR) is 294 cm³/mol. The molecule has 0 bridgehead atoms. The van der Waals surface area contributed by atoms with Crippen LogP contribution in [0.3, 0.4) is 0 Å². The van der Waals surface area contributed by atoms with Crippen LogP contribution in [0.1, 0.15) is 0 Å². The summed E-state index contributed by atoms with van der Waals surface area (Å²) in [4.78, 5) is 2.37. The van der Waals surface area contributed by atoms with Gasteiger partial charge in [-0.3, -0.25) is 0 Å². The normalized spacial score (nSPS) is 11.2. The minimum atomic E-state index is 1.08. The fourth-order valence-electron chi connectivity index (χ4n) is 10.0. The van der Waals surface area contributed by atoms with Crippen molar-refractivity contribution >= 4 is 38.6 Å². The molecule has 0 aliphatic rings. The lowest BCUT2D eigenvalue weighted by atomic mass is 9.90. The van der Waals surface area contributed by atoms with Gasteiger partial charge in [-0.1, -0.05) is 243 Å². The molecule has 324 valence electrons. The molecule has 12 aromatic carbocycles. The van der Waals surface area contributed by atoms with Gasteiger partial charge in [-0.15, -0.1) is 0 Å². The zero-order chi connectivity index (χ0) is 45.9. The summed E-state index contributed by atoms with van der Waals surface area (Å²) in [6.07, 6.45) is 0. The van der Waals surface area contributed by atoms with E-state index in [4.69, 9.17) is 0 Å². The molecule has 0 spiro atoms. The van der Waals surface area contributed by atoms with Gasteiger partial charge in [0.05, 0.1) is 0 Å². The molecule has 1 nitrogen and oxygen atoms in total. The van der Waals surface area contributed by atoms with Crippen molar-refractivity contribution in [3.63, 3.8) is 0 Å². The summed E-state index contributed by atoms with van der Waals surface area (Å²) in [7, 11) is 0. The molecule has 0 aliphatic heterocycles. The zero-order valence-electron chi connectivity index (χ0n) is 38.1. The summed E-state index contributed by atoms with van der Waals surface area (Å²) in [5, 5.41) is 5.01. The quantitative estimate of drug-likeness (QED) is 0.132. The van der Waals surface area contributed by atoms with Gasteiger partial charge in [-0.2, -0.15) is 0 Å². The van der Waals surface area contributed by atoms with Crippen LogP contribution >= 0.6 is 0 Å². The minimum Gasteiger partial charge on any atom is -0.311 e. The number of hydrogen-bond acceptors (Lipinski definition) is 1. The Bertz CT molecular complexity index is 3700. The highest BCUT2D eigenvalue weighted by atomic mass is 15.1. The van der Waals surface area contributed by atoms with Gasteiger partial charge in [-0.05, 0) is 142 Å². The van der Waals surface area contributed by atoms with E-state index >= 15 is 0 Å². The summed E-state index contributed by atoms with van der Waals surface area (Å²) < 4.78 is 0.